The van der Waals surface area contributed by atoms with Crippen LogP contribution in [0.5, 0.6) is 17.4 Å². The Morgan fingerprint density at radius 2 is 2.15 bits per heavy atom. The molecule has 0 amide bonds. The third kappa shape index (κ3) is 4.86. The number of aromatic nitrogens is 1. The van der Waals surface area contributed by atoms with E-state index in [0.29, 0.717) is 41.2 Å². The smallest absolute Gasteiger partial charge is 0.230 e. The molecular weight excluding hydrogens is 342 g/mol. The van der Waals surface area contributed by atoms with Gasteiger partial charge in [0.15, 0.2) is 17.3 Å². The largest absolute Gasteiger partial charge is 0.493 e. The van der Waals surface area contributed by atoms with Crippen LogP contribution < -0.4 is 15.0 Å². The number of allylic oxidation sites excluding steroid dienone is 1. The summed E-state index contributed by atoms with van der Waals surface area (Å²) in [6, 6.07) is 9.42. The number of aryl methyl sites for hydroxylation is 1. The van der Waals surface area contributed by atoms with E-state index in [2.05, 4.69) is 22.0 Å². The zero-order valence-corrected chi connectivity index (χ0v) is 15.7. The lowest BCUT2D eigenvalue weighted by atomic mass is 10.1. The molecule has 0 saturated heterocycles. The second kappa shape index (κ2) is 8.68. The van der Waals surface area contributed by atoms with E-state index < -0.39 is 0 Å². The first-order valence-electron chi connectivity index (χ1n) is 9.02. The third-order valence-electron chi connectivity index (χ3n) is 4.38. The number of amidine groups is 1. The molecule has 1 aromatic carbocycles. The summed E-state index contributed by atoms with van der Waals surface area (Å²) < 4.78 is 11.5. The van der Waals surface area contributed by atoms with E-state index in [9.17, 15) is 5.21 Å². The van der Waals surface area contributed by atoms with Crippen LogP contribution in [0.1, 0.15) is 29.7 Å². The van der Waals surface area contributed by atoms with Gasteiger partial charge in [-0.2, -0.15) is 0 Å². The molecule has 1 aromatic heterocycles. The van der Waals surface area contributed by atoms with Crippen LogP contribution in [0.15, 0.2) is 48.0 Å². The van der Waals surface area contributed by atoms with Crippen molar-refractivity contribution in [1.82, 2.24) is 10.5 Å². The van der Waals surface area contributed by atoms with Crippen molar-refractivity contribution in [3.8, 4) is 17.4 Å². The molecule has 3 rings (SSSR count). The predicted molar refractivity (Wildman–Crippen MR) is 105 cm³/mol. The van der Waals surface area contributed by atoms with E-state index >= 15 is 0 Å². The first-order chi connectivity index (χ1) is 13.1. The van der Waals surface area contributed by atoms with Crippen molar-refractivity contribution in [3.63, 3.8) is 0 Å². The predicted octanol–water partition coefficient (Wildman–Crippen LogP) is 4.05. The van der Waals surface area contributed by atoms with Gasteiger partial charge in [-0.3, -0.25) is 15.7 Å². The lowest BCUT2D eigenvalue weighted by Crippen LogP contribution is -2.22. The number of ether oxygens (including phenoxy) is 2. The molecule has 2 N–H and O–H groups in total. The lowest BCUT2D eigenvalue weighted by Gasteiger charge is -2.15. The third-order valence-corrected chi connectivity index (χ3v) is 4.38. The molecule has 0 bridgehead atoms. The fourth-order valence-corrected chi connectivity index (χ4v) is 2.69. The van der Waals surface area contributed by atoms with Crippen LogP contribution in [-0.4, -0.2) is 29.7 Å². The van der Waals surface area contributed by atoms with Crippen LogP contribution >= 0.6 is 0 Å². The summed E-state index contributed by atoms with van der Waals surface area (Å²) in [4.78, 5) is 8.97. The number of hydrogen-bond acceptors (Lipinski definition) is 5. The first-order valence-corrected chi connectivity index (χ1v) is 9.02. The number of pyridine rings is 1. The van der Waals surface area contributed by atoms with Crippen molar-refractivity contribution in [2.75, 3.05) is 13.7 Å². The van der Waals surface area contributed by atoms with Gasteiger partial charge in [-0.25, -0.2) is 4.98 Å². The van der Waals surface area contributed by atoms with Crippen LogP contribution in [0.4, 0.5) is 0 Å². The number of rotatable bonds is 8. The number of benzene rings is 1. The summed E-state index contributed by atoms with van der Waals surface area (Å²) in [5.74, 6) is 2.47. The molecule has 1 heterocycles. The Balaban J connectivity index is 1.93. The van der Waals surface area contributed by atoms with E-state index in [-0.39, 0.29) is 0 Å². The number of nitrogens with one attached hydrogen (secondary N) is 1. The van der Waals surface area contributed by atoms with Gasteiger partial charge >= 0.3 is 0 Å². The molecule has 1 fully saturated rings. The fraction of sp³-hybridized carbons (Fsp3) is 0.333. The summed E-state index contributed by atoms with van der Waals surface area (Å²) in [5, 5.41) is 9.57. The Kier molecular flexibility index (Phi) is 6.08. The van der Waals surface area contributed by atoms with Gasteiger partial charge in [-0.1, -0.05) is 12.1 Å². The van der Waals surface area contributed by atoms with Gasteiger partial charge < -0.3 is 9.47 Å². The average Bonchev–Trinajstić information content (AvgIpc) is 3.49. The van der Waals surface area contributed by atoms with E-state index in [1.165, 1.54) is 12.8 Å². The maximum Gasteiger partial charge on any atom is 0.230 e. The molecule has 1 aliphatic rings. The summed E-state index contributed by atoms with van der Waals surface area (Å²) in [5.41, 5.74) is 4.67. The van der Waals surface area contributed by atoms with Crippen LogP contribution in [-0.2, 0) is 6.42 Å². The summed E-state index contributed by atoms with van der Waals surface area (Å²) in [6.45, 7) is 6.32. The van der Waals surface area contributed by atoms with Crippen LogP contribution in [0.3, 0.4) is 0 Å². The van der Waals surface area contributed by atoms with Gasteiger partial charge in [-0.15, -0.1) is 6.58 Å². The van der Waals surface area contributed by atoms with Gasteiger partial charge in [0.25, 0.3) is 0 Å². The Bertz CT molecular complexity index is 845. The van der Waals surface area contributed by atoms with Crippen molar-refractivity contribution in [3.05, 3.63) is 59.8 Å². The van der Waals surface area contributed by atoms with Crippen LogP contribution in [0, 0.1) is 12.8 Å². The normalized spacial score (nSPS) is 14.0. The van der Waals surface area contributed by atoms with Crippen LogP contribution in [0.25, 0.3) is 0 Å². The van der Waals surface area contributed by atoms with Gasteiger partial charge in [0, 0.05) is 12.2 Å². The van der Waals surface area contributed by atoms with Crippen molar-refractivity contribution in [2.24, 2.45) is 10.9 Å². The molecule has 6 heteroatoms. The average molecular weight is 367 g/mol. The van der Waals surface area contributed by atoms with E-state index in [1.54, 1.807) is 7.11 Å². The zero-order chi connectivity index (χ0) is 19.2. The Labute approximate surface area is 159 Å². The second-order valence-corrected chi connectivity index (χ2v) is 6.63. The quantitative estimate of drug-likeness (QED) is 0.319. The molecule has 0 spiro atoms. The maximum atomic E-state index is 9.57. The molecule has 0 aliphatic heterocycles. The monoisotopic (exact) mass is 367 g/mol. The molecule has 1 aliphatic carbocycles. The molecule has 0 unspecified atom stereocenters. The van der Waals surface area contributed by atoms with Gasteiger partial charge in [0.1, 0.15) is 0 Å². The molecular formula is C21H25N3O3. The summed E-state index contributed by atoms with van der Waals surface area (Å²) in [6.07, 6.45) is 4.96. The number of methoxy groups -OCH3 is 1. The zero-order valence-electron chi connectivity index (χ0n) is 15.7. The Morgan fingerprint density at radius 3 is 2.81 bits per heavy atom. The molecule has 0 atom stereocenters. The van der Waals surface area contributed by atoms with Gasteiger partial charge in [-0.05, 0) is 61.9 Å². The minimum atomic E-state index is 0.353. The second-order valence-electron chi connectivity index (χ2n) is 6.63. The molecule has 2 aromatic rings. The van der Waals surface area contributed by atoms with Crippen molar-refractivity contribution in [2.45, 2.75) is 26.2 Å². The first kappa shape index (κ1) is 18.9. The fourth-order valence-electron chi connectivity index (χ4n) is 2.69. The number of aliphatic imine (C=N–C) groups is 1. The summed E-state index contributed by atoms with van der Waals surface area (Å²) >= 11 is 0. The van der Waals surface area contributed by atoms with Crippen molar-refractivity contribution < 1.29 is 14.7 Å². The summed E-state index contributed by atoms with van der Waals surface area (Å²) in [7, 11) is 1.60. The van der Waals surface area contributed by atoms with Crippen molar-refractivity contribution >= 4 is 5.84 Å². The SMILES string of the molecule is C=CCc1ccc(Oc2nc(C)ccc2C(=NCC2CC2)NO)c(OC)c1. The molecule has 27 heavy (non-hydrogen) atoms. The van der Waals surface area contributed by atoms with E-state index in [4.69, 9.17) is 9.47 Å². The highest BCUT2D eigenvalue weighted by Crippen LogP contribution is 2.34. The standard InChI is InChI=1S/C21H25N3O3/c1-4-5-15-9-11-18(19(12-15)26-3)27-21-17(10-6-14(2)23-21)20(24-25)22-13-16-7-8-16/h4,6,9-12,16,25H,1,5,7-8,13H2,2-3H3,(H,22,24). The molecule has 0 radical (unpaired) electrons. The molecule has 6 nitrogen and oxygen atoms in total. The number of nitrogens with zero attached hydrogens (tertiary/aromatic N) is 2. The Hall–Kier alpha value is -2.86. The highest BCUT2D eigenvalue weighted by Gasteiger charge is 2.22. The highest BCUT2D eigenvalue weighted by atomic mass is 16.5. The minimum absolute atomic E-state index is 0.353. The topological polar surface area (TPSA) is 76.0 Å². The molecule has 142 valence electrons. The number of hydroxylamine groups is 1. The lowest BCUT2D eigenvalue weighted by molar-refractivity contribution is 0.234. The van der Waals surface area contributed by atoms with E-state index in [0.717, 1.165) is 17.7 Å². The number of hydrogen-bond donors (Lipinski definition) is 2. The highest BCUT2D eigenvalue weighted by molar-refractivity contribution is 6.00. The molecule has 1 saturated carbocycles. The van der Waals surface area contributed by atoms with E-state index in [1.807, 2.05) is 43.3 Å². The van der Waals surface area contributed by atoms with Gasteiger partial charge in [0.2, 0.25) is 5.88 Å². The van der Waals surface area contributed by atoms with Gasteiger partial charge in [0.05, 0.1) is 12.7 Å². The minimum Gasteiger partial charge on any atom is -0.493 e. The van der Waals surface area contributed by atoms with Crippen LogP contribution in [0.2, 0.25) is 0 Å². The maximum absolute atomic E-state index is 9.57. The Morgan fingerprint density at radius 1 is 1.33 bits per heavy atom. The van der Waals surface area contributed by atoms with Crippen molar-refractivity contribution in [1.29, 1.82) is 0 Å².